The van der Waals surface area contributed by atoms with Crippen molar-refractivity contribution in [1.29, 1.82) is 0 Å². The number of aromatic nitrogens is 1. The lowest BCUT2D eigenvalue weighted by Crippen LogP contribution is -2.12. The molecule has 1 rings (SSSR count). The minimum Gasteiger partial charge on any atom is -0.372 e. The first-order chi connectivity index (χ1) is 8.52. The maximum Gasteiger partial charge on any atom is 0.126 e. The van der Waals surface area contributed by atoms with Gasteiger partial charge in [0.15, 0.2) is 0 Å². The first kappa shape index (κ1) is 15.3. The van der Waals surface area contributed by atoms with E-state index in [0.717, 1.165) is 24.5 Å². The average Bonchev–Trinajstić information content (AvgIpc) is 2.29. The smallest absolute Gasteiger partial charge is 0.126 e. The Balaban J connectivity index is 2.57. The van der Waals surface area contributed by atoms with Crippen molar-refractivity contribution in [3.05, 3.63) is 22.8 Å². The highest BCUT2D eigenvalue weighted by atomic mass is 35.5. The van der Waals surface area contributed by atoms with Crippen molar-refractivity contribution < 1.29 is 4.74 Å². The van der Waals surface area contributed by atoms with E-state index in [2.05, 4.69) is 31.1 Å². The molecule has 0 bridgehead atoms. The van der Waals surface area contributed by atoms with Gasteiger partial charge in [0.1, 0.15) is 5.82 Å². The Kier molecular flexibility index (Phi) is 6.44. The topological polar surface area (TPSA) is 34.1 Å². The van der Waals surface area contributed by atoms with Crippen molar-refractivity contribution >= 4 is 17.4 Å². The van der Waals surface area contributed by atoms with E-state index in [1.54, 1.807) is 0 Å². The minimum atomic E-state index is 0.227. The number of ether oxygens (including phenoxy) is 1. The van der Waals surface area contributed by atoms with Crippen LogP contribution >= 0.6 is 11.6 Å². The molecule has 4 heteroatoms. The SMILES string of the molecule is CCNc1ccc(Cl)c(COC(C)CC(C)C)n1. The van der Waals surface area contributed by atoms with Crippen molar-refractivity contribution in [3.63, 3.8) is 0 Å². The first-order valence-electron chi connectivity index (χ1n) is 6.53. The number of halogens is 1. The molecule has 0 amide bonds. The first-order valence-corrected chi connectivity index (χ1v) is 6.91. The van der Waals surface area contributed by atoms with E-state index in [1.165, 1.54) is 0 Å². The third-order valence-corrected chi connectivity index (χ3v) is 2.93. The van der Waals surface area contributed by atoms with Crippen molar-refractivity contribution in [1.82, 2.24) is 4.98 Å². The van der Waals surface area contributed by atoms with Crippen LogP contribution in [0.25, 0.3) is 0 Å². The third-order valence-electron chi connectivity index (χ3n) is 2.58. The number of anilines is 1. The summed E-state index contributed by atoms with van der Waals surface area (Å²) < 4.78 is 5.78. The lowest BCUT2D eigenvalue weighted by molar-refractivity contribution is 0.0380. The van der Waals surface area contributed by atoms with Gasteiger partial charge in [0.05, 0.1) is 23.4 Å². The Bertz CT molecular complexity index is 369. The molecular formula is C14H23ClN2O. The number of hydrogen-bond acceptors (Lipinski definition) is 3. The summed E-state index contributed by atoms with van der Waals surface area (Å²) in [6, 6.07) is 3.74. The van der Waals surface area contributed by atoms with E-state index in [0.29, 0.717) is 17.5 Å². The average molecular weight is 271 g/mol. The van der Waals surface area contributed by atoms with Gasteiger partial charge < -0.3 is 10.1 Å². The quantitative estimate of drug-likeness (QED) is 0.809. The van der Waals surface area contributed by atoms with Crippen LogP contribution in [0.1, 0.15) is 39.8 Å². The standard InChI is InChI=1S/C14H23ClN2O/c1-5-16-14-7-6-12(15)13(17-14)9-18-11(4)8-10(2)3/h6-7,10-11H,5,8-9H2,1-4H3,(H,16,17). The van der Waals surface area contributed by atoms with Crippen molar-refractivity contribution in [2.24, 2.45) is 5.92 Å². The number of nitrogens with zero attached hydrogens (tertiary/aromatic N) is 1. The van der Waals surface area contributed by atoms with Gasteiger partial charge >= 0.3 is 0 Å². The molecule has 0 radical (unpaired) electrons. The van der Waals surface area contributed by atoms with E-state index in [4.69, 9.17) is 16.3 Å². The summed E-state index contributed by atoms with van der Waals surface area (Å²) in [5.74, 6) is 1.48. The van der Waals surface area contributed by atoms with Crippen molar-refractivity contribution in [3.8, 4) is 0 Å². The van der Waals surface area contributed by atoms with E-state index in [9.17, 15) is 0 Å². The molecule has 0 saturated carbocycles. The zero-order valence-corrected chi connectivity index (χ0v) is 12.4. The van der Waals surface area contributed by atoms with Crippen LogP contribution in [0.15, 0.2) is 12.1 Å². The zero-order valence-electron chi connectivity index (χ0n) is 11.7. The van der Waals surface area contributed by atoms with E-state index in [-0.39, 0.29) is 6.10 Å². The van der Waals surface area contributed by atoms with Crippen LogP contribution in [0.3, 0.4) is 0 Å². The molecule has 1 unspecified atom stereocenters. The van der Waals surface area contributed by atoms with Crippen LogP contribution < -0.4 is 5.32 Å². The van der Waals surface area contributed by atoms with Gasteiger partial charge in [0.25, 0.3) is 0 Å². The molecule has 0 aliphatic rings. The van der Waals surface area contributed by atoms with E-state index >= 15 is 0 Å². The Morgan fingerprint density at radius 1 is 1.33 bits per heavy atom. The van der Waals surface area contributed by atoms with Crippen molar-refractivity contribution in [2.45, 2.75) is 46.8 Å². The number of pyridine rings is 1. The molecule has 0 aliphatic heterocycles. The normalized spacial score (nSPS) is 12.8. The molecule has 1 atom stereocenters. The molecule has 1 aromatic heterocycles. The molecule has 0 spiro atoms. The van der Waals surface area contributed by atoms with E-state index < -0.39 is 0 Å². The Morgan fingerprint density at radius 3 is 2.67 bits per heavy atom. The maximum atomic E-state index is 6.12. The summed E-state index contributed by atoms with van der Waals surface area (Å²) in [6.45, 7) is 9.82. The summed E-state index contributed by atoms with van der Waals surface area (Å²) in [4.78, 5) is 4.45. The molecule has 0 saturated heterocycles. The fourth-order valence-corrected chi connectivity index (χ4v) is 1.98. The zero-order chi connectivity index (χ0) is 13.5. The highest BCUT2D eigenvalue weighted by Gasteiger charge is 2.09. The highest BCUT2D eigenvalue weighted by molar-refractivity contribution is 6.31. The molecule has 18 heavy (non-hydrogen) atoms. The summed E-state index contributed by atoms with van der Waals surface area (Å²) in [5.41, 5.74) is 0.797. The second kappa shape index (κ2) is 7.59. The highest BCUT2D eigenvalue weighted by Crippen LogP contribution is 2.19. The van der Waals surface area contributed by atoms with Crippen LogP contribution in [0, 0.1) is 5.92 Å². The summed E-state index contributed by atoms with van der Waals surface area (Å²) in [5, 5.41) is 3.83. The number of nitrogens with one attached hydrogen (secondary N) is 1. The Labute approximate surface area is 115 Å². The number of rotatable bonds is 7. The minimum absolute atomic E-state index is 0.227. The van der Waals surface area contributed by atoms with Crippen LogP contribution in [0.2, 0.25) is 5.02 Å². The van der Waals surface area contributed by atoms with Gasteiger partial charge in [-0.05, 0) is 38.3 Å². The van der Waals surface area contributed by atoms with Gasteiger partial charge in [-0.15, -0.1) is 0 Å². The summed E-state index contributed by atoms with van der Waals surface area (Å²) in [7, 11) is 0. The fourth-order valence-electron chi connectivity index (χ4n) is 1.82. The van der Waals surface area contributed by atoms with Crippen LogP contribution in [0.4, 0.5) is 5.82 Å². The second-order valence-electron chi connectivity index (χ2n) is 4.91. The summed E-state index contributed by atoms with van der Waals surface area (Å²) in [6.07, 6.45) is 1.27. The molecule has 3 nitrogen and oxygen atoms in total. The van der Waals surface area contributed by atoms with Gasteiger partial charge in [0, 0.05) is 6.54 Å². The molecule has 0 aromatic carbocycles. The monoisotopic (exact) mass is 270 g/mol. The molecular weight excluding hydrogens is 248 g/mol. The van der Waals surface area contributed by atoms with Gasteiger partial charge in [-0.2, -0.15) is 0 Å². The molecule has 0 aliphatic carbocycles. The molecule has 1 aromatic rings. The predicted octanol–water partition coefficient (Wildman–Crippen LogP) is 4.12. The maximum absolute atomic E-state index is 6.12. The Hall–Kier alpha value is -0.800. The Morgan fingerprint density at radius 2 is 2.06 bits per heavy atom. The van der Waals surface area contributed by atoms with Crippen LogP contribution in [-0.2, 0) is 11.3 Å². The van der Waals surface area contributed by atoms with E-state index in [1.807, 2.05) is 19.1 Å². The predicted molar refractivity (Wildman–Crippen MR) is 77.1 cm³/mol. The molecule has 1 N–H and O–H groups in total. The molecule has 102 valence electrons. The van der Waals surface area contributed by atoms with Crippen LogP contribution in [-0.4, -0.2) is 17.6 Å². The van der Waals surface area contributed by atoms with Gasteiger partial charge in [-0.1, -0.05) is 25.4 Å². The van der Waals surface area contributed by atoms with Gasteiger partial charge in [-0.25, -0.2) is 4.98 Å². The number of hydrogen-bond donors (Lipinski definition) is 1. The molecule has 0 fully saturated rings. The van der Waals surface area contributed by atoms with Gasteiger partial charge in [0.2, 0.25) is 0 Å². The fraction of sp³-hybridized carbons (Fsp3) is 0.643. The largest absolute Gasteiger partial charge is 0.372 e. The van der Waals surface area contributed by atoms with Crippen LogP contribution in [0.5, 0.6) is 0 Å². The lowest BCUT2D eigenvalue weighted by Gasteiger charge is -2.15. The third kappa shape index (κ3) is 5.23. The van der Waals surface area contributed by atoms with Gasteiger partial charge in [-0.3, -0.25) is 0 Å². The van der Waals surface area contributed by atoms with Crippen molar-refractivity contribution in [2.75, 3.05) is 11.9 Å². The summed E-state index contributed by atoms with van der Waals surface area (Å²) >= 11 is 6.12. The second-order valence-corrected chi connectivity index (χ2v) is 5.31. The lowest BCUT2D eigenvalue weighted by atomic mass is 10.1. The molecule has 1 heterocycles.